The number of methoxy groups -OCH3 is 2. The lowest BCUT2D eigenvalue weighted by atomic mass is 10.1. The molecule has 0 aromatic heterocycles. The van der Waals surface area contributed by atoms with Crippen LogP contribution in [0, 0.1) is 0 Å². The van der Waals surface area contributed by atoms with Crippen molar-refractivity contribution in [1.29, 1.82) is 0 Å². The molecule has 0 unspecified atom stereocenters. The van der Waals surface area contributed by atoms with Gasteiger partial charge in [-0.05, 0) is 12.1 Å². The number of carboxylic acids is 1. The number of carboxylic acid groups (broad SMARTS) is 1. The van der Waals surface area contributed by atoms with E-state index >= 15 is 0 Å². The molecule has 1 rings (SSSR count). The summed E-state index contributed by atoms with van der Waals surface area (Å²) in [7, 11) is -0.979. The Hall–Kier alpha value is -2.49. The highest BCUT2D eigenvalue weighted by atomic mass is 32.2. The van der Waals surface area contributed by atoms with Crippen molar-refractivity contribution in [3.8, 4) is 11.5 Å². The number of carbonyl (C=O) groups excluding carboxylic acids is 1. The van der Waals surface area contributed by atoms with Gasteiger partial charge in [-0.3, -0.25) is 14.3 Å². The van der Waals surface area contributed by atoms with Crippen LogP contribution in [-0.2, 0) is 14.8 Å². The Balaban J connectivity index is 3.27. The molecule has 122 valence electrons. The molecule has 0 saturated carbocycles. The Bertz CT molecular complexity index is 685. The molecule has 0 heterocycles. The van der Waals surface area contributed by atoms with Crippen LogP contribution in [0.15, 0.2) is 12.1 Å². The summed E-state index contributed by atoms with van der Waals surface area (Å²) < 4.78 is 35.1. The molecule has 1 amide bonds. The van der Waals surface area contributed by atoms with Crippen LogP contribution in [0.1, 0.15) is 10.4 Å². The number of hydrogen-bond donors (Lipinski definition) is 3. The number of ether oxygens (including phenoxy) is 2. The molecule has 0 fully saturated rings. The van der Waals surface area contributed by atoms with E-state index < -0.39 is 28.4 Å². The highest BCUT2D eigenvalue weighted by molar-refractivity contribution is 7.92. The van der Waals surface area contributed by atoms with Crippen molar-refractivity contribution < 1.29 is 32.6 Å². The lowest BCUT2D eigenvalue weighted by Crippen LogP contribution is -2.29. The molecule has 1 aromatic rings. The van der Waals surface area contributed by atoms with Crippen molar-refractivity contribution in [2.24, 2.45) is 0 Å². The Kier molecular flexibility index (Phi) is 5.57. The lowest BCUT2D eigenvalue weighted by molar-refractivity contribution is -0.135. The number of anilines is 1. The predicted octanol–water partition coefficient (Wildman–Crippen LogP) is -0.110. The quantitative estimate of drug-likeness (QED) is 0.635. The van der Waals surface area contributed by atoms with Crippen LogP contribution in [0.5, 0.6) is 11.5 Å². The SMILES string of the molecule is COc1cc(C(=O)NCC(=O)O)cc(NS(C)(=O)=O)c1OC. The van der Waals surface area contributed by atoms with Gasteiger partial charge >= 0.3 is 5.97 Å². The van der Waals surface area contributed by atoms with Gasteiger partial charge in [0.2, 0.25) is 10.0 Å². The molecule has 0 saturated heterocycles. The van der Waals surface area contributed by atoms with Crippen LogP contribution in [-0.4, -0.2) is 52.4 Å². The maximum atomic E-state index is 11.9. The third kappa shape index (κ3) is 4.81. The predicted molar refractivity (Wildman–Crippen MR) is 78.0 cm³/mol. The van der Waals surface area contributed by atoms with Gasteiger partial charge in [0.1, 0.15) is 6.54 Å². The maximum Gasteiger partial charge on any atom is 0.322 e. The van der Waals surface area contributed by atoms with Crippen molar-refractivity contribution >= 4 is 27.6 Å². The summed E-state index contributed by atoms with van der Waals surface area (Å²) >= 11 is 0. The molecule has 0 aliphatic rings. The maximum absolute atomic E-state index is 11.9. The van der Waals surface area contributed by atoms with Gasteiger partial charge in [0.05, 0.1) is 26.2 Å². The molecule has 1 aromatic carbocycles. The van der Waals surface area contributed by atoms with Crippen molar-refractivity contribution in [3.05, 3.63) is 17.7 Å². The summed E-state index contributed by atoms with van der Waals surface area (Å²) in [6.45, 7) is -0.567. The van der Waals surface area contributed by atoms with Gasteiger partial charge in [0.15, 0.2) is 11.5 Å². The van der Waals surface area contributed by atoms with Gasteiger partial charge in [0, 0.05) is 5.56 Å². The zero-order valence-corrected chi connectivity index (χ0v) is 13.0. The molecule has 0 radical (unpaired) electrons. The third-order valence-corrected chi connectivity index (χ3v) is 3.03. The first-order chi connectivity index (χ1) is 10.2. The summed E-state index contributed by atoms with van der Waals surface area (Å²) in [5.41, 5.74) is 0.0230. The summed E-state index contributed by atoms with van der Waals surface area (Å²) in [6.07, 6.45) is 0.941. The van der Waals surface area contributed by atoms with Crippen LogP contribution >= 0.6 is 0 Å². The summed E-state index contributed by atoms with van der Waals surface area (Å²) in [5.74, 6) is -1.68. The number of amides is 1. The minimum Gasteiger partial charge on any atom is -0.493 e. The lowest BCUT2D eigenvalue weighted by Gasteiger charge is -2.15. The molecule has 0 bridgehead atoms. The third-order valence-electron chi connectivity index (χ3n) is 2.44. The second-order valence-electron chi connectivity index (χ2n) is 4.21. The van der Waals surface area contributed by atoms with E-state index in [9.17, 15) is 18.0 Å². The van der Waals surface area contributed by atoms with Crippen molar-refractivity contribution in [2.75, 3.05) is 31.7 Å². The number of carbonyl (C=O) groups is 2. The highest BCUT2D eigenvalue weighted by Crippen LogP contribution is 2.37. The fraction of sp³-hybridized carbons (Fsp3) is 0.333. The number of hydrogen-bond acceptors (Lipinski definition) is 6. The second-order valence-corrected chi connectivity index (χ2v) is 5.96. The number of aliphatic carboxylic acids is 1. The number of rotatable bonds is 7. The van der Waals surface area contributed by atoms with E-state index in [0.717, 1.165) is 6.26 Å². The molecular weight excluding hydrogens is 316 g/mol. The Morgan fingerprint density at radius 1 is 1.23 bits per heavy atom. The molecular formula is C12H16N2O7S. The number of sulfonamides is 1. The van der Waals surface area contributed by atoms with Gasteiger partial charge in [0.25, 0.3) is 5.91 Å². The van der Waals surface area contributed by atoms with Crippen molar-refractivity contribution in [1.82, 2.24) is 5.32 Å². The van der Waals surface area contributed by atoms with Crippen molar-refractivity contribution in [3.63, 3.8) is 0 Å². The van der Waals surface area contributed by atoms with Crippen molar-refractivity contribution in [2.45, 2.75) is 0 Å². The molecule has 22 heavy (non-hydrogen) atoms. The van der Waals surface area contributed by atoms with Gasteiger partial charge < -0.3 is 19.9 Å². The van der Waals surface area contributed by atoms with E-state index in [0.29, 0.717) is 0 Å². The smallest absolute Gasteiger partial charge is 0.322 e. The molecule has 0 aliphatic carbocycles. The Morgan fingerprint density at radius 2 is 1.86 bits per heavy atom. The first kappa shape index (κ1) is 17.6. The first-order valence-corrected chi connectivity index (χ1v) is 7.81. The molecule has 9 nitrogen and oxygen atoms in total. The monoisotopic (exact) mass is 332 g/mol. The zero-order chi connectivity index (χ0) is 16.9. The molecule has 10 heteroatoms. The van der Waals surface area contributed by atoms with Gasteiger partial charge in [-0.2, -0.15) is 0 Å². The minimum atomic E-state index is -3.61. The topological polar surface area (TPSA) is 131 Å². The summed E-state index contributed by atoms with van der Waals surface area (Å²) in [5, 5.41) is 10.7. The van der Waals surface area contributed by atoms with Crippen LogP contribution in [0.25, 0.3) is 0 Å². The van der Waals surface area contributed by atoms with E-state index in [1.54, 1.807) is 0 Å². The largest absolute Gasteiger partial charge is 0.493 e. The van der Waals surface area contributed by atoms with Crippen LogP contribution in [0.3, 0.4) is 0 Å². The van der Waals surface area contributed by atoms with Gasteiger partial charge in [-0.1, -0.05) is 0 Å². The summed E-state index contributed by atoms with van der Waals surface area (Å²) in [4.78, 5) is 22.3. The van der Waals surface area contributed by atoms with E-state index in [1.165, 1.54) is 26.4 Å². The highest BCUT2D eigenvalue weighted by Gasteiger charge is 2.18. The van der Waals surface area contributed by atoms with E-state index in [1.807, 2.05) is 0 Å². The Morgan fingerprint density at radius 3 is 2.32 bits per heavy atom. The van der Waals surface area contributed by atoms with E-state index in [4.69, 9.17) is 14.6 Å². The van der Waals surface area contributed by atoms with Crippen LogP contribution in [0.2, 0.25) is 0 Å². The molecule has 0 aliphatic heterocycles. The van der Waals surface area contributed by atoms with E-state index in [-0.39, 0.29) is 22.7 Å². The average Bonchev–Trinajstić information content (AvgIpc) is 2.41. The zero-order valence-electron chi connectivity index (χ0n) is 12.2. The number of benzene rings is 1. The average molecular weight is 332 g/mol. The fourth-order valence-corrected chi connectivity index (χ4v) is 2.18. The Labute approximate surface area is 127 Å². The first-order valence-electron chi connectivity index (χ1n) is 5.91. The number of nitrogens with one attached hydrogen (secondary N) is 2. The summed E-state index contributed by atoms with van der Waals surface area (Å²) in [6, 6.07) is 2.53. The van der Waals surface area contributed by atoms with Crippen LogP contribution in [0.4, 0.5) is 5.69 Å². The molecule has 3 N–H and O–H groups in total. The molecule has 0 atom stereocenters. The second kappa shape index (κ2) is 6.98. The van der Waals surface area contributed by atoms with E-state index in [2.05, 4.69) is 10.0 Å². The molecule has 0 spiro atoms. The van der Waals surface area contributed by atoms with Crippen LogP contribution < -0.4 is 19.5 Å². The van der Waals surface area contributed by atoms with Gasteiger partial charge in [-0.15, -0.1) is 0 Å². The standard InChI is InChI=1S/C12H16N2O7S/c1-20-9-5-7(12(17)13-6-10(15)16)4-8(11(9)21-2)14-22(3,18)19/h4-5,14H,6H2,1-3H3,(H,13,17)(H,15,16). The normalized spacial score (nSPS) is 10.7. The fourth-order valence-electron chi connectivity index (χ4n) is 1.63. The minimum absolute atomic E-state index is 0.00447. The van der Waals surface area contributed by atoms with Gasteiger partial charge in [-0.25, -0.2) is 8.42 Å².